The van der Waals surface area contributed by atoms with E-state index in [1.54, 1.807) is 13.8 Å². The van der Waals surface area contributed by atoms with Crippen LogP contribution in [0.25, 0.3) is 0 Å². The van der Waals surface area contributed by atoms with Gasteiger partial charge in [-0.25, -0.2) is 4.79 Å². The predicted molar refractivity (Wildman–Crippen MR) is 121 cm³/mol. The number of carbonyl (C=O) groups is 3. The van der Waals surface area contributed by atoms with Crippen LogP contribution in [-0.2, 0) is 14.3 Å². The molecule has 2 amide bonds. The Morgan fingerprint density at radius 3 is 2.62 bits per heavy atom. The molecule has 0 saturated heterocycles. The van der Waals surface area contributed by atoms with Crippen molar-refractivity contribution in [2.24, 2.45) is 5.92 Å². The molecule has 0 radical (unpaired) electrons. The predicted octanol–water partition coefficient (Wildman–Crippen LogP) is 3.93. The zero-order valence-corrected chi connectivity index (χ0v) is 19.2. The molecule has 1 heterocycles. The average Bonchev–Trinajstić information content (AvgIpc) is 2.75. The minimum absolute atomic E-state index is 0.169. The molecule has 0 spiro atoms. The first kappa shape index (κ1) is 23.9. The molecule has 0 aromatic heterocycles. The number of fused-ring (bicyclic) bond motifs is 1. The summed E-state index contributed by atoms with van der Waals surface area (Å²) in [6.07, 6.45) is 0.614. The van der Waals surface area contributed by atoms with E-state index in [1.807, 2.05) is 24.3 Å². The van der Waals surface area contributed by atoms with Crippen LogP contribution in [-0.4, -0.2) is 37.0 Å². The summed E-state index contributed by atoms with van der Waals surface area (Å²) in [6.45, 7) is 3.54. The van der Waals surface area contributed by atoms with Gasteiger partial charge in [-0.3, -0.25) is 9.59 Å². The number of amides is 2. The molecule has 2 aromatic carbocycles. The number of nitrogens with one attached hydrogen (secondary N) is 2. The second-order valence-corrected chi connectivity index (χ2v) is 8.57. The number of rotatable bonds is 7. The van der Waals surface area contributed by atoms with Gasteiger partial charge >= 0.3 is 5.97 Å². The number of halogens is 2. The summed E-state index contributed by atoms with van der Waals surface area (Å²) in [4.78, 5) is 37.6. The first-order chi connectivity index (χ1) is 15.3. The van der Waals surface area contributed by atoms with Gasteiger partial charge in [-0.15, -0.1) is 0 Å². The number of ether oxygens (including phenoxy) is 2. The number of benzene rings is 2. The van der Waals surface area contributed by atoms with E-state index in [0.29, 0.717) is 18.1 Å². The molecule has 1 unspecified atom stereocenters. The van der Waals surface area contributed by atoms with Gasteiger partial charge in [0.2, 0.25) is 0 Å². The molecule has 0 saturated carbocycles. The molecule has 7 nitrogen and oxygen atoms in total. The molecule has 0 fully saturated rings. The van der Waals surface area contributed by atoms with E-state index in [2.05, 4.69) is 10.6 Å². The lowest BCUT2D eigenvalue weighted by Crippen LogP contribution is -2.46. The number of para-hydroxylation sites is 1. The molecule has 2 aromatic rings. The molecule has 0 bridgehead atoms. The van der Waals surface area contributed by atoms with Crippen molar-refractivity contribution in [3.63, 3.8) is 0 Å². The highest BCUT2D eigenvalue weighted by Gasteiger charge is 2.28. The van der Waals surface area contributed by atoms with Crippen LogP contribution in [0, 0.1) is 5.92 Å². The number of hydrogen-bond donors (Lipinski definition) is 2. The van der Waals surface area contributed by atoms with Crippen molar-refractivity contribution in [1.29, 1.82) is 0 Å². The Kier molecular flexibility index (Phi) is 7.99. The van der Waals surface area contributed by atoms with Crippen LogP contribution in [0.15, 0.2) is 42.5 Å². The van der Waals surface area contributed by atoms with Gasteiger partial charge in [0.15, 0.2) is 6.61 Å². The maximum absolute atomic E-state index is 12.6. The van der Waals surface area contributed by atoms with E-state index in [4.69, 9.17) is 32.7 Å². The lowest BCUT2D eigenvalue weighted by molar-refractivity contribution is -0.151. The Labute approximate surface area is 196 Å². The monoisotopic (exact) mass is 478 g/mol. The van der Waals surface area contributed by atoms with Crippen molar-refractivity contribution in [2.75, 3.05) is 13.2 Å². The largest absolute Gasteiger partial charge is 0.493 e. The van der Waals surface area contributed by atoms with E-state index >= 15 is 0 Å². The van der Waals surface area contributed by atoms with Gasteiger partial charge in [0.1, 0.15) is 11.8 Å². The first-order valence-electron chi connectivity index (χ1n) is 10.2. The van der Waals surface area contributed by atoms with Crippen LogP contribution >= 0.6 is 23.2 Å². The Hall–Kier alpha value is -2.77. The zero-order valence-electron chi connectivity index (χ0n) is 17.7. The molecule has 32 heavy (non-hydrogen) atoms. The maximum atomic E-state index is 12.6. The smallest absolute Gasteiger partial charge is 0.329 e. The first-order valence-corrected chi connectivity index (χ1v) is 11.0. The summed E-state index contributed by atoms with van der Waals surface area (Å²) in [6, 6.07) is 10.7. The molecule has 170 valence electrons. The Bertz CT molecular complexity index is 1010. The highest BCUT2D eigenvalue weighted by atomic mass is 35.5. The van der Waals surface area contributed by atoms with Gasteiger partial charge in [0.25, 0.3) is 11.8 Å². The van der Waals surface area contributed by atoms with Gasteiger partial charge in [-0.2, -0.15) is 0 Å². The van der Waals surface area contributed by atoms with Crippen molar-refractivity contribution in [1.82, 2.24) is 10.6 Å². The molecule has 3 rings (SSSR count). The zero-order chi connectivity index (χ0) is 23.3. The normalized spacial score (nSPS) is 15.8. The highest BCUT2D eigenvalue weighted by Crippen LogP contribution is 2.31. The SMILES string of the molecule is CC(C)[C@H](NC(=O)c1ccc(Cl)cc1Cl)C(=O)OCC(=O)NC1CCOc2ccccc21. The lowest BCUT2D eigenvalue weighted by atomic mass is 10.0. The standard InChI is InChI=1S/C23H24Cl2N2O5/c1-13(2)21(27-22(29)15-8-7-14(24)11-17(15)25)23(30)32-12-20(28)26-18-9-10-31-19-6-4-3-5-16(18)19/h3-8,11,13,18,21H,9-10,12H2,1-2H3,(H,26,28)(H,27,29)/t18?,21-/m0/s1. The van der Waals surface area contributed by atoms with E-state index in [0.717, 1.165) is 11.3 Å². The van der Waals surface area contributed by atoms with Crippen LogP contribution in [0.4, 0.5) is 0 Å². The third-order valence-electron chi connectivity index (χ3n) is 5.02. The summed E-state index contributed by atoms with van der Waals surface area (Å²) in [5, 5.41) is 6.05. The van der Waals surface area contributed by atoms with Crippen LogP contribution < -0.4 is 15.4 Å². The fraction of sp³-hybridized carbons (Fsp3) is 0.348. The van der Waals surface area contributed by atoms with Gasteiger partial charge in [-0.1, -0.05) is 55.2 Å². The number of hydrogen-bond acceptors (Lipinski definition) is 5. The molecule has 0 aliphatic carbocycles. The molecule has 2 atom stereocenters. The van der Waals surface area contributed by atoms with Crippen LogP contribution in [0.2, 0.25) is 10.0 Å². The van der Waals surface area contributed by atoms with Crippen molar-refractivity contribution >= 4 is 41.0 Å². The molecule has 1 aliphatic rings. The van der Waals surface area contributed by atoms with Crippen LogP contribution in [0.5, 0.6) is 5.75 Å². The summed E-state index contributed by atoms with van der Waals surface area (Å²) < 4.78 is 10.8. The molecule has 2 N–H and O–H groups in total. The lowest BCUT2D eigenvalue weighted by Gasteiger charge is -2.26. The Balaban J connectivity index is 1.57. The molecule has 1 aliphatic heterocycles. The van der Waals surface area contributed by atoms with Crippen LogP contribution in [0.1, 0.15) is 42.2 Å². The average molecular weight is 479 g/mol. The number of carbonyl (C=O) groups excluding carboxylic acids is 3. The van der Waals surface area contributed by atoms with E-state index in [1.165, 1.54) is 18.2 Å². The molecular formula is C23H24Cl2N2O5. The summed E-state index contributed by atoms with van der Waals surface area (Å²) in [7, 11) is 0. The summed E-state index contributed by atoms with van der Waals surface area (Å²) in [5.74, 6) is -1.23. The molecule has 9 heteroatoms. The second-order valence-electron chi connectivity index (χ2n) is 7.72. The third-order valence-corrected chi connectivity index (χ3v) is 5.57. The van der Waals surface area contributed by atoms with Crippen LogP contribution in [0.3, 0.4) is 0 Å². The van der Waals surface area contributed by atoms with E-state index < -0.39 is 30.4 Å². The van der Waals surface area contributed by atoms with Gasteiger partial charge < -0.3 is 20.1 Å². The summed E-state index contributed by atoms with van der Waals surface area (Å²) >= 11 is 11.9. The quantitative estimate of drug-likeness (QED) is 0.587. The van der Waals surface area contributed by atoms with Gasteiger partial charge in [0.05, 0.1) is 23.2 Å². The highest BCUT2D eigenvalue weighted by molar-refractivity contribution is 6.36. The Morgan fingerprint density at radius 2 is 1.91 bits per heavy atom. The minimum atomic E-state index is -0.953. The Morgan fingerprint density at radius 1 is 1.16 bits per heavy atom. The minimum Gasteiger partial charge on any atom is -0.493 e. The second kappa shape index (κ2) is 10.7. The fourth-order valence-corrected chi connectivity index (χ4v) is 3.84. The van der Waals surface area contributed by atoms with Crippen molar-refractivity contribution < 1.29 is 23.9 Å². The summed E-state index contributed by atoms with van der Waals surface area (Å²) in [5.41, 5.74) is 1.07. The molecular weight excluding hydrogens is 455 g/mol. The number of esters is 1. The van der Waals surface area contributed by atoms with E-state index in [-0.39, 0.29) is 22.5 Å². The topological polar surface area (TPSA) is 93.7 Å². The van der Waals surface area contributed by atoms with Crippen molar-refractivity contribution in [2.45, 2.75) is 32.4 Å². The van der Waals surface area contributed by atoms with Crippen molar-refractivity contribution in [3.05, 3.63) is 63.6 Å². The van der Waals surface area contributed by atoms with E-state index in [9.17, 15) is 14.4 Å². The van der Waals surface area contributed by atoms with Crippen molar-refractivity contribution in [3.8, 4) is 5.75 Å². The maximum Gasteiger partial charge on any atom is 0.329 e. The van der Waals surface area contributed by atoms with Gasteiger partial charge in [0, 0.05) is 17.0 Å². The fourth-order valence-electron chi connectivity index (χ4n) is 3.34. The third kappa shape index (κ3) is 5.93. The van der Waals surface area contributed by atoms with Gasteiger partial charge in [-0.05, 0) is 30.2 Å².